The topological polar surface area (TPSA) is 24.9 Å². The monoisotopic (exact) mass is 350 g/mol. The fourth-order valence-electron chi connectivity index (χ4n) is 2.34. The molecule has 0 aliphatic heterocycles. The summed E-state index contributed by atoms with van der Waals surface area (Å²) in [6.45, 7) is 3.99. The van der Waals surface area contributed by atoms with Gasteiger partial charge < -0.3 is 5.32 Å². The van der Waals surface area contributed by atoms with Gasteiger partial charge >= 0.3 is 0 Å². The number of halogens is 2. The lowest BCUT2D eigenvalue weighted by molar-refractivity contribution is 0.473. The van der Waals surface area contributed by atoms with E-state index in [1.54, 1.807) is 0 Å². The van der Waals surface area contributed by atoms with Gasteiger partial charge in [0.15, 0.2) is 0 Å². The van der Waals surface area contributed by atoms with Crippen LogP contribution in [0.3, 0.4) is 0 Å². The minimum absolute atomic E-state index is 0.184. The second-order valence-corrected chi connectivity index (χ2v) is 6.09. The highest BCUT2D eigenvalue weighted by atomic mass is 79.9. The summed E-state index contributed by atoms with van der Waals surface area (Å²) in [6.07, 6.45) is 3.67. The van der Waals surface area contributed by atoms with E-state index in [1.165, 1.54) is 12.1 Å². The van der Waals surface area contributed by atoms with Crippen LogP contribution in [0.5, 0.6) is 0 Å². The van der Waals surface area contributed by atoms with E-state index < -0.39 is 0 Å². The lowest BCUT2D eigenvalue weighted by Crippen LogP contribution is -2.26. The summed E-state index contributed by atoms with van der Waals surface area (Å²) in [5.41, 5.74) is 2.25. The molecular weight excluding hydrogens is 331 g/mol. The van der Waals surface area contributed by atoms with Crippen LogP contribution in [0.2, 0.25) is 0 Å². The molecule has 0 saturated heterocycles. The number of benzene rings is 1. The first-order valence-electron chi connectivity index (χ1n) is 7.23. The number of hydrogen-bond acceptors (Lipinski definition) is 2. The minimum atomic E-state index is -0.184. The molecule has 1 aromatic carbocycles. The van der Waals surface area contributed by atoms with Crippen molar-refractivity contribution < 1.29 is 4.39 Å². The molecule has 21 heavy (non-hydrogen) atoms. The second kappa shape index (κ2) is 8.25. The van der Waals surface area contributed by atoms with Crippen molar-refractivity contribution in [2.45, 2.75) is 19.8 Å². The molecule has 1 aromatic heterocycles. The molecule has 4 heteroatoms. The summed E-state index contributed by atoms with van der Waals surface area (Å²) in [6, 6.07) is 10.8. The molecule has 0 saturated carbocycles. The van der Waals surface area contributed by atoms with E-state index in [2.05, 4.69) is 33.2 Å². The van der Waals surface area contributed by atoms with Crippen molar-refractivity contribution >= 4 is 15.9 Å². The predicted octanol–water partition coefficient (Wildman–Crippen LogP) is 3.99. The number of pyridine rings is 1. The van der Waals surface area contributed by atoms with Crippen LogP contribution in [0.4, 0.5) is 4.39 Å². The first-order valence-corrected chi connectivity index (χ1v) is 8.02. The van der Waals surface area contributed by atoms with Gasteiger partial charge in [-0.15, -0.1) is 0 Å². The van der Waals surface area contributed by atoms with Crippen LogP contribution in [0.1, 0.15) is 18.2 Å². The standard InChI is InChI=1S/C17H20BrFN2/c1-2-20-11-14(9-13-3-6-16(19)7-4-13)10-17-8-5-15(18)12-21-17/h3-8,12,14,20H,2,9-11H2,1H3. The first-order chi connectivity index (χ1) is 10.2. The van der Waals surface area contributed by atoms with Gasteiger partial charge in [-0.3, -0.25) is 4.98 Å². The molecule has 1 N–H and O–H groups in total. The van der Waals surface area contributed by atoms with Crippen LogP contribution >= 0.6 is 15.9 Å². The largest absolute Gasteiger partial charge is 0.317 e. The van der Waals surface area contributed by atoms with E-state index in [0.717, 1.165) is 41.7 Å². The lowest BCUT2D eigenvalue weighted by atomic mass is 9.94. The average Bonchev–Trinajstić information content (AvgIpc) is 2.49. The summed E-state index contributed by atoms with van der Waals surface area (Å²) < 4.78 is 14.0. The van der Waals surface area contributed by atoms with E-state index in [1.807, 2.05) is 30.5 Å². The minimum Gasteiger partial charge on any atom is -0.317 e. The third-order valence-electron chi connectivity index (χ3n) is 3.41. The quantitative estimate of drug-likeness (QED) is 0.816. The van der Waals surface area contributed by atoms with E-state index in [-0.39, 0.29) is 5.82 Å². The zero-order valence-electron chi connectivity index (χ0n) is 12.2. The van der Waals surface area contributed by atoms with Crippen LogP contribution < -0.4 is 5.32 Å². The average molecular weight is 351 g/mol. The second-order valence-electron chi connectivity index (χ2n) is 5.18. The van der Waals surface area contributed by atoms with Gasteiger partial charge in [-0.05, 0) is 77.6 Å². The van der Waals surface area contributed by atoms with Gasteiger partial charge in [0.1, 0.15) is 5.82 Å². The van der Waals surface area contributed by atoms with Gasteiger partial charge in [0, 0.05) is 16.4 Å². The van der Waals surface area contributed by atoms with Crippen LogP contribution in [0, 0.1) is 11.7 Å². The summed E-state index contributed by atoms with van der Waals surface area (Å²) >= 11 is 3.40. The Kier molecular flexibility index (Phi) is 6.33. The molecule has 0 aliphatic rings. The van der Waals surface area contributed by atoms with Gasteiger partial charge in [0.05, 0.1) is 0 Å². The van der Waals surface area contributed by atoms with Gasteiger partial charge in [-0.25, -0.2) is 4.39 Å². The third kappa shape index (κ3) is 5.56. The van der Waals surface area contributed by atoms with Crippen LogP contribution in [-0.2, 0) is 12.8 Å². The molecule has 2 aromatic rings. The summed E-state index contributed by atoms with van der Waals surface area (Å²) in [5.74, 6) is 0.264. The van der Waals surface area contributed by atoms with Crippen LogP contribution in [0.15, 0.2) is 47.1 Å². The first kappa shape index (κ1) is 16.1. The third-order valence-corrected chi connectivity index (χ3v) is 3.88. The SMILES string of the molecule is CCNCC(Cc1ccc(F)cc1)Cc1ccc(Br)cn1. The van der Waals surface area contributed by atoms with Crippen molar-refractivity contribution in [3.63, 3.8) is 0 Å². The maximum absolute atomic E-state index is 13.0. The molecule has 0 amide bonds. The van der Waals surface area contributed by atoms with Crippen molar-refractivity contribution in [1.82, 2.24) is 10.3 Å². The molecule has 2 rings (SSSR count). The van der Waals surface area contributed by atoms with Crippen LogP contribution in [-0.4, -0.2) is 18.1 Å². The Hall–Kier alpha value is -1.26. The molecule has 1 unspecified atom stereocenters. The van der Waals surface area contributed by atoms with Crippen molar-refractivity contribution in [3.05, 3.63) is 64.1 Å². The van der Waals surface area contributed by atoms with Crippen molar-refractivity contribution in [2.75, 3.05) is 13.1 Å². The van der Waals surface area contributed by atoms with E-state index in [4.69, 9.17) is 0 Å². The fraction of sp³-hybridized carbons (Fsp3) is 0.353. The Morgan fingerprint density at radius 2 is 1.90 bits per heavy atom. The number of hydrogen-bond donors (Lipinski definition) is 1. The maximum atomic E-state index is 13.0. The van der Waals surface area contributed by atoms with Crippen molar-refractivity contribution in [3.8, 4) is 0 Å². The highest BCUT2D eigenvalue weighted by molar-refractivity contribution is 9.10. The molecule has 1 atom stereocenters. The Labute approximate surface area is 133 Å². The number of nitrogens with zero attached hydrogens (tertiary/aromatic N) is 1. The number of aromatic nitrogens is 1. The maximum Gasteiger partial charge on any atom is 0.123 e. The lowest BCUT2D eigenvalue weighted by Gasteiger charge is -2.17. The Morgan fingerprint density at radius 3 is 2.52 bits per heavy atom. The van der Waals surface area contributed by atoms with Crippen molar-refractivity contribution in [2.24, 2.45) is 5.92 Å². The normalized spacial score (nSPS) is 12.3. The van der Waals surface area contributed by atoms with Gasteiger partial charge in [0.2, 0.25) is 0 Å². The Bertz CT molecular complexity index is 492. The van der Waals surface area contributed by atoms with Gasteiger partial charge in [0.25, 0.3) is 0 Å². The molecule has 1 heterocycles. The van der Waals surface area contributed by atoms with Gasteiger partial charge in [-0.2, -0.15) is 0 Å². The summed E-state index contributed by atoms with van der Waals surface area (Å²) in [4.78, 5) is 4.45. The molecule has 0 bridgehead atoms. The molecular formula is C17H20BrFN2. The Balaban J connectivity index is 2.02. The van der Waals surface area contributed by atoms with E-state index in [9.17, 15) is 4.39 Å². The predicted molar refractivity (Wildman–Crippen MR) is 87.8 cm³/mol. The molecule has 0 aliphatic carbocycles. The van der Waals surface area contributed by atoms with Gasteiger partial charge in [-0.1, -0.05) is 19.1 Å². The molecule has 112 valence electrons. The molecule has 0 radical (unpaired) electrons. The zero-order valence-corrected chi connectivity index (χ0v) is 13.7. The van der Waals surface area contributed by atoms with E-state index >= 15 is 0 Å². The number of rotatable bonds is 7. The summed E-state index contributed by atoms with van der Waals surface area (Å²) in [7, 11) is 0. The number of nitrogens with one attached hydrogen (secondary N) is 1. The van der Waals surface area contributed by atoms with Crippen molar-refractivity contribution in [1.29, 1.82) is 0 Å². The Morgan fingerprint density at radius 1 is 1.14 bits per heavy atom. The zero-order chi connectivity index (χ0) is 15.1. The highest BCUT2D eigenvalue weighted by Gasteiger charge is 2.11. The van der Waals surface area contributed by atoms with Crippen LogP contribution in [0.25, 0.3) is 0 Å². The highest BCUT2D eigenvalue weighted by Crippen LogP contribution is 2.15. The molecule has 2 nitrogen and oxygen atoms in total. The smallest absolute Gasteiger partial charge is 0.123 e. The molecule has 0 spiro atoms. The van der Waals surface area contributed by atoms with E-state index in [0.29, 0.717) is 5.92 Å². The fourth-order valence-corrected chi connectivity index (χ4v) is 2.58. The summed E-state index contributed by atoms with van der Waals surface area (Å²) in [5, 5.41) is 3.40. The molecule has 0 fully saturated rings.